The van der Waals surface area contributed by atoms with Crippen LogP contribution in [0.4, 0.5) is 0 Å². The van der Waals surface area contributed by atoms with Crippen LogP contribution in [0.15, 0.2) is 12.7 Å². The van der Waals surface area contributed by atoms with E-state index >= 15 is 0 Å². The minimum absolute atomic E-state index is 0.0711. The molecule has 1 amide bonds. The van der Waals surface area contributed by atoms with Gasteiger partial charge >= 0.3 is 0 Å². The summed E-state index contributed by atoms with van der Waals surface area (Å²) in [5, 5.41) is 0. The molecule has 1 saturated carbocycles. The topological polar surface area (TPSA) is 63.7 Å². The maximum Gasteiger partial charge on any atom is 0.264 e. The molecule has 0 unspecified atom stereocenters. The van der Waals surface area contributed by atoms with E-state index in [4.69, 9.17) is 4.18 Å². The molecule has 2 atom stereocenters. The van der Waals surface area contributed by atoms with Gasteiger partial charge in [0.1, 0.15) is 0 Å². The number of likely N-dealkylation sites (tertiary alicyclic amines) is 1. The van der Waals surface area contributed by atoms with Gasteiger partial charge in [-0.2, -0.15) is 8.42 Å². The molecule has 0 radical (unpaired) electrons. The fourth-order valence-corrected chi connectivity index (χ4v) is 4.45. The molecule has 0 aromatic rings. The summed E-state index contributed by atoms with van der Waals surface area (Å²) in [7, 11) is -3.48. The molecule has 1 saturated heterocycles. The number of carbonyl (C=O) groups is 1. The molecule has 138 valence electrons. The molecule has 1 heterocycles. The molecule has 2 rings (SSSR count). The van der Waals surface area contributed by atoms with Crippen LogP contribution in [0.1, 0.15) is 57.8 Å². The van der Waals surface area contributed by atoms with Gasteiger partial charge in [-0.1, -0.05) is 38.2 Å². The predicted molar refractivity (Wildman–Crippen MR) is 95.0 cm³/mol. The van der Waals surface area contributed by atoms with Crippen LogP contribution in [0.25, 0.3) is 0 Å². The van der Waals surface area contributed by atoms with Gasteiger partial charge in [-0.05, 0) is 31.6 Å². The molecule has 0 N–H and O–H groups in total. The van der Waals surface area contributed by atoms with Crippen molar-refractivity contribution in [2.45, 2.75) is 63.8 Å². The summed E-state index contributed by atoms with van der Waals surface area (Å²) < 4.78 is 27.5. The van der Waals surface area contributed by atoms with Gasteiger partial charge in [-0.25, -0.2) is 0 Å². The minimum Gasteiger partial charge on any atom is -0.337 e. The molecule has 5 nitrogen and oxygen atoms in total. The van der Waals surface area contributed by atoms with Gasteiger partial charge in [0.2, 0.25) is 5.91 Å². The van der Waals surface area contributed by atoms with E-state index in [0.717, 1.165) is 25.0 Å². The van der Waals surface area contributed by atoms with Crippen LogP contribution >= 0.6 is 0 Å². The molecule has 0 spiro atoms. The predicted octanol–water partition coefficient (Wildman–Crippen LogP) is 3.12. The quantitative estimate of drug-likeness (QED) is 0.470. The normalized spacial score (nSPS) is 26.0. The second-order valence-corrected chi connectivity index (χ2v) is 8.92. The van der Waals surface area contributed by atoms with Crippen LogP contribution < -0.4 is 0 Å². The number of carbonyl (C=O) groups excluding carboxylic acids is 1. The number of allylic oxidation sites excluding steroid dienone is 1. The first-order valence-corrected chi connectivity index (χ1v) is 11.0. The van der Waals surface area contributed by atoms with Gasteiger partial charge in [0.15, 0.2) is 0 Å². The largest absolute Gasteiger partial charge is 0.337 e. The summed E-state index contributed by atoms with van der Waals surface area (Å²) in [6.45, 7) is 4.50. The average molecular weight is 358 g/mol. The fraction of sp³-hybridized carbons (Fsp3) is 0.833. The summed E-state index contributed by atoms with van der Waals surface area (Å²) >= 11 is 0. The maximum atomic E-state index is 12.6. The van der Waals surface area contributed by atoms with Crippen molar-refractivity contribution in [2.24, 2.45) is 11.8 Å². The first kappa shape index (κ1) is 19.4. The summed E-state index contributed by atoms with van der Waals surface area (Å²) in [5.41, 5.74) is 0. The second-order valence-electron chi connectivity index (χ2n) is 7.28. The zero-order chi connectivity index (χ0) is 17.6. The van der Waals surface area contributed by atoms with E-state index in [1.165, 1.54) is 32.1 Å². The van der Waals surface area contributed by atoms with Crippen molar-refractivity contribution in [1.29, 1.82) is 0 Å². The van der Waals surface area contributed by atoms with Crippen LogP contribution in [0.5, 0.6) is 0 Å². The van der Waals surface area contributed by atoms with Gasteiger partial charge in [0.05, 0.1) is 18.9 Å². The van der Waals surface area contributed by atoms with E-state index < -0.39 is 10.1 Å². The Morgan fingerprint density at radius 1 is 1.29 bits per heavy atom. The Labute approximate surface area is 146 Å². The average Bonchev–Trinajstić information content (AvgIpc) is 2.83. The first-order chi connectivity index (χ1) is 11.4. The Kier molecular flexibility index (Phi) is 7.29. The van der Waals surface area contributed by atoms with Crippen molar-refractivity contribution in [3.8, 4) is 0 Å². The van der Waals surface area contributed by atoms with Gasteiger partial charge in [-0.15, -0.1) is 6.58 Å². The van der Waals surface area contributed by atoms with Crippen molar-refractivity contribution >= 4 is 16.0 Å². The van der Waals surface area contributed by atoms with Crippen LogP contribution in [-0.4, -0.2) is 44.7 Å². The lowest BCUT2D eigenvalue weighted by Gasteiger charge is -2.26. The van der Waals surface area contributed by atoms with Crippen LogP contribution in [0.3, 0.4) is 0 Å². The molecule has 6 heteroatoms. The van der Waals surface area contributed by atoms with E-state index in [1.54, 1.807) is 6.08 Å². The van der Waals surface area contributed by atoms with Gasteiger partial charge in [0.25, 0.3) is 10.1 Å². The molecule has 2 aliphatic rings. The molecule has 0 bridgehead atoms. The van der Waals surface area contributed by atoms with Crippen molar-refractivity contribution in [2.75, 3.05) is 19.4 Å². The third-order valence-corrected chi connectivity index (χ3v) is 5.86. The highest BCUT2D eigenvalue weighted by Crippen LogP contribution is 2.30. The molecule has 24 heavy (non-hydrogen) atoms. The Balaban J connectivity index is 1.88. The summed E-state index contributed by atoms with van der Waals surface area (Å²) in [4.78, 5) is 14.4. The van der Waals surface area contributed by atoms with Crippen molar-refractivity contribution in [3.05, 3.63) is 12.7 Å². The molecular weight excluding hydrogens is 326 g/mol. The number of hydrogen-bond acceptors (Lipinski definition) is 4. The van der Waals surface area contributed by atoms with Crippen LogP contribution in [-0.2, 0) is 19.1 Å². The lowest BCUT2D eigenvalue weighted by Crippen LogP contribution is -2.38. The van der Waals surface area contributed by atoms with Gasteiger partial charge < -0.3 is 4.90 Å². The molecular formula is C18H31NO4S. The van der Waals surface area contributed by atoms with E-state index in [9.17, 15) is 13.2 Å². The summed E-state index contributed by atoms with van der Waals surface area (Å²) in [6.07, 6.45) is 12.9. The third kappa shape index (κ3) is 5.88. The zero-order valence-corrected chi connectivity index (χ0v) is 15.6. The van der Waals surface area contributed by atoms with Gasteiger partial charge in [0, 0.05) is 12.5 Å². The maximum absolute atomic E-state index is 12.6. The number of amides is 1. The highest BCUT2D eigenvalue weighted by atomic mass is 32.2. The van der Waals surface area contributed by atoms with E-state index in [0.29, 0.717) is 19.4 Å². The number of nitrogens with zero attached hydrogens (tertiary/aromatic N) is 1. The van der Waals surface area contributed by atoms with Gasteiger partial charge in [-0.3, -0.25) is 8.98 Å². The highest BCUT2D eigenvalue weighted by molar-refractivity contribution is 7.85. The Morgan fingerprint density at radius 3 is 2.62 bits per heavy atom. The fourth-order valence-electron chi connectivity index (χ4n) is 4.05. The van der Waals surface area contributed by atoms with E-state index in [2.05, 4.69) is 6.58 Å². The molecule has 1 aliphatic carbocycles. The van der Waals surface area contributed by atoms with E-state index in [-0.39, 0.29) is 24.5 Å². The lowest BCUT2D eigenvalue weighted by atomic mass is 9.86. The molecule has 1 aliphatic heterocycles. The second kappa shape index (κ2) is 8.99. The standard InChI is InChI=1S/C18H31NO4S/c1-3-8-16-13-17(14-23-24(2,21)22)19(18(16)20)12-7-11-15-9-5-4-6-10-15/h3,15-17H,1,4-14H2,2H3/t16-,17+/m1/s1. The van der Waals surface area contributed by atoms with Crippen LogP contribution in [0.2, 0.25) is 0 Å². The Morgan fingerprint density at radius 2 is 2.00 bits per heavy atom. The van der Waals surface area contributed by atoms with Crippen molar-refractivity contribution < 1.29 is 17.4 Å². The summed E-state index contributed by atoms with van der Waals surface area (Å²) in [6, 6.07) is -0.136. The van der Waals surface area contributed by atoms with Crippen molar-refractivity contribution in [3.63, 3.8) is 0 Å². The SMILES string of the molecule is C=CC[C@@H]1C[C@@H](COS(C)(=O)=O)N(CCCC2CCCCC2)C1=O. The Hall–Kier alpha value is -0.880. The lowest BCUT2D eigenvalue weighted by molar-refractivity contribution is -0.132. The van der Waals surface area contributed by atoms with Crippen LogP contribution in [0, 0.1) is 11.8 Å². The smallest absolute Gasteiger partial charge is 0.264 e. The van der Waals surface area contributed by atoms with E-state index in [1.807, 2.05) is 4.90 Å². The summed E-state index contributed by atoms with van der Waals surface area (Å²) in [5.74, 6) is 0.845. The zero-order valence-electron chi connectivity index (χ0n) is 14.8. The number of hydrogen-bond donors (Lipinski definition) is 0. The number of rotatable bonds is 9. The highest BCUT2D eigenvalue weighted by Gasteiger charge is 2.38. The monoisotopic (exact) mass is 357 g/mol. The molecule has 2 fully saturated rings. The molecule has 0 aromatic carbocycles. The molecule has 0 aromatic heterocycles. The first-order valence-electron chi connectivity index (χ1n) is 9.16. The van der Waals surface area contributed by atoms with Crippen molar-refractivity contribution in [1.82, 2.24) is 4.90 Å². The minimum atomic E-state index is -3.48. The third-order valence-electron chi connectivity index (χ3n) is 5.29. The Bertz CT molecular complexity index is 525.